The fourth-order valence-corrected chi connectivity index (χ4v) is 2.05. The van der Waals surface area contributed by atoms with Crippen LogP contribution in [0.3, 0.4) is 0 Å². The number of hydrogen-bond acceptors (Lipinski definition) is 3. The van der Waals surface area contributed by atoms with E-state index >= 15 is 0 Å². The van der Waals surface area contributed by atoms with Crippen LogP contribution < -0.4 is 16.0 Å². The SMILES string of the molecule is CNC(=O)C(F)(F)F.Nc1ccccc1N1CCCCC1. The zero-order valence-corrected chi connectivity index (χ0v) is 11.9. The first-order chi connectivity index (χ1) is 9.86. The minimum Gasteiger partial charge on any atom is -0.397 e. The Kier molecular flexibility index (Phi) is 6.33. The smallest absolute Gasteiger partial charge is 0.397 e. The summed E-state index contributed by atoms with van der Waals surface area (Å²) in [5, 5.41) is 1.44. The van der Waals surface area contributed by atoms with Crippen molar-refractivity contribution < 1.29 is 18.0 Å². The lowest BCUT2D eigenvalue weighted by Crippen LogP contribution is -2.33. The number of alkyl halides is 3. The Bertz CT molecular complexity index is 457. The second-order valence-corrected chi connectivity index (χ2v) is 4.68. The Balaban J connectivity index is 0.000000240. The van der Waals surface area contributed by atoms with E-state index in [1.165, 1.54) is 30.3 Å². The maximum absolute atomic E-state index is 11.0. The summed E-state index contributed by atoms with van der Waals surface area (Å²) < 4.78 is 33.1. The van der Waals surface area contributed by atoms with E-state index in [9.17, 15) is 18.0 Å². The second kappa shape index (κ2) is 7.75. The zero-order valence-electron chi connectivity index (χ0n) is 11.9. The van der Waals surface area contributed by atoms with E-state index in [2.05, 4.69) is 17.0 Å². The van der Waals surface area contributed by atoms with Crippen LogP contribution in [0.1, 0.15) is 19.3 Å². The molecule has 0 saturated carbocycles. The molecule has 2 rings (SSSR count). The fourth-order valence-electron chi connectivity index (χ4n) is 2.05. The largest absolute Gasteiger partial charge is 0.471 e. The average molecular weight is 303 g/mol. The summed E-state index contributed by atoms with van der Waals surface area (Å²) in [4.78, 5) is 12.0. The highest BCUT2D eigenvalue weighted by Gasteiger charge is 2.37. The Morgan fingerprint density at radius 2 is 1.76 bits per heavy atom. The monoisotopic (exact) mass is 303 g/mol. The number of anilines is 2. The highest BCUT2D eigenvalue weighted by molar-refractivity contribution is 5.81. The van der Waals surface area contributed by atoms with E-state index < -0.39 is 12.1 Å². The fraction of sp³-hybridized carbons (Fsp3) is 0.500. The number of hydrogen-bond donors (Lipinski definition) is 2. The van der Waals surface area contributed by atoms with Gasteiger partial charge in [0.25, 0.3) is 0 Å². The maximum atomic E-state index is 11.0. The average Bonchev–Trinajstić information content (AvgIpc) is 2.47. The lowest BCUT2D eigenvalue weighted by atomic mass is 10.1. The van der Waals surface area contributed by atoms with Gasteiger partial charge >= 0.3 is 12.1 Å². The third-order valence-electron chi connectivity index (χ3n) is 3.12. The van der Waals surface area contributed by atoms with Crippen molar-refractivity contribution in [1.29, 1.82) is 0 Å². The minimum atomic E-state index is -4.74. The van der Waals surface area contributed by atoms with E-state index in [-0.39, 0.29) is 0 Å². The third-order valence-corrected chi connectivity index (χ3v) is 3.12. The lowest BCUT2D eigenvalue weighted by Gasteiger charge is -2.29. The summed E-state index contributed by atoms with van der Waals surface area (Å²) in [7, 11) is 0.926. The Labute approximate surface area is 122 Å². The summed E-state index contributed by atoms with van der Waals surface area (Å²) in [6.45, 7) is 2.32. The van der Waals surface area contributed by atoms with Crippen LogP contribution in [-0.4, -0.2) is 32.2 Å². The van der Waals surface area contributed by atoms with E-state index in [0.717, 1.165) is 25.8 Å². The summed E-state index contributed by atoms with van der Waals surface area (Å²) in [6, 6.07) is 8.13. The van der Waals surface area contributed by atoms with E-state index in [1.807, 2.05) is 12.1 Å². The van der Waals surface area contributed by atoms with E-state index in [1.54, 1.807) is 0 Å². The standard InChI is InChI=1S/C11H16N2.C3H4F3NO/c12-10-6-2-3-7-11(10)13-8-4-1-5-9-13;1-7-2(8)3(4,5)6/h2-3,6-7H,1,4-5,8-9,12H2;1H3,(H,7,8). The molecule has 0 aliphatic carbocycles. The molecular weight excluding hydrogens is 283 g/mol. The zero-order chi connectivity index (χ0) is 15.9. The van der Waals surface area contributed by atoms with Gasteiger partial charge in [0.05, 0.1) is 11.4 Å². The summed E-state index contributed by atoms with van der Waals surface area (Å²) in [6.07, 6.45) is -0.777. The number of piperidine rings is 1. The molecule has 3 N–H and O–H groups in total. The molecule has 1 aliphatic heterocycles. The van der Waals surface area contributed by atoms with Crippen molar-refractivity contribution in [2.75, 3.05) is 30.8 Å². The van der Waals surface area contributed by atoms with Crippen molar-refractivity contribution >= 4 is 17.3 Å². The van der Waals surface area contributed by atoms with Crippen LogP contribution in [0.25, 0.3) is 0 Å². The highest BCUT2D eigenvalue weighted by Crippen LogP contribution is 2.25. The number of nitrogens with two attached hydrogens (primary N) is 1. The van der Waals surface area contributed by atoms with Crippen LogP contribution in [0.2, 0.25) is 0 Å². The highest BCUT2D eigenvalue weighted by atomic mass is 19.4. The first-order valence-corrected chi connectivity index (χ1v) is 6.74. The van der Waals surface area contributed by atoms with Gasteiger partial charge in [-0.15, -0.1) is 0 Å². The molecule has 1 aromatic rings. The number of nitrogen functional groups attached to an aromatic ring is 1. The number of carbonyl (C=O) groups excluding carboxylic acids is 1. The molecule has 7 heteroatoms. The molecule has 21 heavy (non-hydrogen) atoms. The molecule has 1 aliphatic rings. The van der Waals surface area contributed by atoms with Gasteiger partial charge in [-0.05, 0) is 31.4 Å². The van der Waals surface area contributed by atoms with Crippen molar-refractivity contribution in [3.63, 3.8) is 0 Å². The van der Waals surface area contributed by atoms with Crippen molar-refractivity contribution in [3.8, 4) is 0 Å². The van der Waals surface area contributed by atoms with Crippen molar-refractivity contribution in [2.45, 2.75) is 25.4 Å². The van der Waals surface area contributed by atoms with Crippen LogP contribution in [-0.2, 0) is 4.79 Å². The van der Waals surface area contributed by atoms with Gasteiger partial charge in [-0.1, -0.05) is 12.1 Å². The minimum absolute atomic E-state index is 0.907. The van der Waals surface area contributed by atoms with Crippen LogP contribution in [0, 0.1) is 0 Å². The van der Waals surface area contributed by atoms with Gasteiger partial charge in [0.15, 0.2) is 0 Å². The molecule has 1 heterocycles. The van der Waals surface area contributed by atoms with Gasteiger partial charge in [0.1, 0.15) is 0 Å². The van der Waals surface area contributed by atoms with Crippen molar-refractivity contribution in [2.24, 2.45) is 0 Å². The Morgan fingerprint density at radius 1 is 1.19 bits per heavy atom. The number of carbonyl (C=O) groups is 1. The number of nitrogens with zero attached hydrogens (tertiary/aromatic N) is 1. The molecule has 118 valence electrons. The molecule has 0 bridgehead atoms. The summed E-state index contributed by atoms with van der Waals surface area (Å²) in [5.74, 6) is -1.92. The van der Waals surface area contributed by atoms with Crippen LogP contribution in [0.5, 0.6) is 0 Å². The van der Waals surface area contributed by atoms with Crippen molar-refractivity contribution in [3.05, 3.63) is 24.3 Å². The first-order valence-electron chi connectivity index (χ1n) is 6.74. The summed E-state index contributed by atoms with van der Waals surface area (Å²) in [5.41, 5.74) is 8.03. The predicted molar refractivity (Wildman–Crippen MR) is 77.0 cm³/mol. The Hall–Kier alpha value is -1.92. The number of benzene rings is 1. The normalized spacial score (nSPS) is 15.0. The van der Waals surface area contributed by atoms with Crippen LogP contribution in [0.15, 0.2) is 24.3 Å². The van der Waals surface area contributed by atoms with Crippen LogP contribution in [0.4, 0.5) is 24.5 Å². The molecule has 0 radical (unpaired) electrons. The number of para-hydroxylation sites is 2. The van der Waals surface area contributed by atoms with Gasteiger partial charge in [0.2, 0.25) is 0 Å². The number of amides is 1. The van der Waals surface area contributed by atoms with Gasteiger partial charge in [-0.25, -0.2) is 0 Å². The number of rotatable bonds is 1. The molecule has 0 aromatic heterocycles. The molecule has 1 aromatic carbocycles. The topological polar surface area (TPSA) is 58.4 Å². The second-order valence-electron chi connectivity index (χ2n) is 4.68. The first kappa shape index (κ1) is 17.1. The van der Waals surface area contributed by atoms with E-state index in [4.69, 9.17) is 5.73 Å². The molecule has 0 unspecified atom stereocenters. The summed E-state index contributed by atoms with van der Waals surface area (Å²) >= 11 is 0. The third kappa shape index (κ3) is 5.53. The van der Waals surface area contributed by atoms with Gasteiger partial charge < -0.3 is 16.0 Å². The number of halogens is 3. The molecule has 0 spiro atoms. The van der Waals surface area contributed by atoms with E-state index in [0.29, 0.717) is 0 Å². The molecule has 1 saturated heterocycles. The maximum Gasteiger partial charge on any atom is 0.471 e. The van der Waals surface area contributed by atoms with Gasteiger partial charge in [-0.2, -0.15) is 13.2 Å². The molecule has 0 atom stereocenters. The predicted octanol–water partition coefficient (Wildman–Crippen LogP) is 2.55. The molecular formula is C14H20F3N3O. The molecule has 1 amide bonds. The molecule has 4 nitrogen and oxygen atoms in total. The lowest BCUT2D eigenvalue weighted by molar-refractivity contribution is -0.172. The number of nitrogens with one attached hydrogen (secondary N) is 1. The Morgan fingerprint density at radius 3 is 2.19 bits per heavy atom. The van der Waals surface area contributed by atoms with Gasteiger partial charge in [0, 0.05) is 20.1 Å². The van der Waals surface area contributed by atoms with Crippen LogP contribution >= 0.6 is 0 Å². The van der Waals surface area contributed by atoms with Gasteiger partial charge in [-0.3, -0.25) is 4.79 Å². The van der Waals surface area contributed by atoms with Crippen molar-refractivity contribution in [1.82, 2.24) is 5.32 Å². The molecule has 1 fully saturated rings. The quantitative estimate of drug-likeness (QED) is 0.784.